The maximum Gasteiger partial charge on any atom is 0.0489 e. The third-order valence-electron chi connectivity index (χ3n) is 4.17. The molecule has 1 nitrogen and oxygen atoms in total. The maximum atomic E-state index is 12.5. The molecule has 0 amide bonds. The molecular weight excluding hydrogens is 376 g/mol. The van der Waals surface area contributed by atoms with E-state index < -0.39 is 10.8 Å². The van der Waals surface area contributed by atoms with Gasteiger partial charge in [0.1, 0.15) is 0 Å². The number of hydrogen-bond donors (Lipinski definition) is 0. The lowest BCUT2D eigenvalue weighted by atomic mass is 10.1. The molecule has 0 aliphatic rings. The molecule has 0 fully saturated rings. The topological polar surface area (TPSA) is 17.1 Å². The summed E-state index contributed by atoms with van der Waals surface area (Å²) in [5.41, 5.74) is 4.69. The van der Waals surface area contributed by atoms with Crippen molar-refractivity contribution < 1.29 is 4.21 Å². The molecule has 0 saturated heterocycles. The molecule has 0 saturated carbocycles. The van der Waals surface area contributed by atoms with E-state index in [0.29, 0.717) is 11.5 Å². The summed E-state index contributed by atoms with van der Waals surface area (Å²) in [6.07, 6.45) is 0. The second kappa shape index (κ2) is 8.12. The first-order valence-electron chi connectivity index (χ1n) is 8.38. The molecule has 2 aromatic heterocycles. The number of benzene rings is 2. The standard InChI is InChI=1S/C22H18OS3/c23-26(15-17-5-9-19(10-6-17)21-3-1-13-24-21)16-18-7-11-20(12-8-18)22-4-2-14-25-22/h1-14H,15-16H2. The van der Waals surface area contributed by atoms with Gasteiger partial charge >= 0.3 is 0 Å². The van der Waals surface area contributed by atoms with Crippen LogP contribution in [0.3, 0.4) is 0 Å². The molecule has 0 unspecified atom stereocenters. The molecule has 4 heteroatoms. The van der Waals surface area contributed by atoms with Crippen LogP contribution >= 0.6 is 22.7 Å². The van der Waals surface area contributed by atoms with Gasteiger partial charge in [-0.25, -0.2) is 0 Å². The third kappa shape index (κ3) is 4.21. The molecule has 2 aromatic carbocycles. The van der Waals surface area contributed by atoms with Crippen LogP contribution in [-0.4, -0.2) is 4.21 Å². The summed E-state index contributed by atoms with van der Waals surface area (Å²) in [6.45, 7) is 0. The largest absolute Gasteiger partial charge is 0.259 e. The molecule has 2 heterocycles. The Hall–Kier alpha value is -2.01. The lowest BCUT2D eigenvalue weighted by Gasteiger charge is -2.05. The molecule has 0 aliphatic heterocycles. The van der Waals surface area contributed by atoms with E-state index in [1.54, 1.807) is 22.7 Å². The van der Waals surface area contributed by atoms with Gasteiger partial charge in [0.05, 0.1) is 0 Å². The Kier molecular flexibility index (Phi) is 5.44. The first-order valence-corrected chi connectivity index (χ1v) is 11.6. The minimum atomic E-state index is -0.903. The van der Waals surface area contributed by atoms with Gasteiger partial charge in [0.15, 0.2) is 0 Å². The fourth-order valence-electron chi connectivity index (χ4n) is 2.84. The van der Waals surface area contributed by atoms with E-state index in [4.69, 9.17) is 0 Å². The zero-order valence-corrected chi connectivity index (χ0v) is 16.6. The molecule has 130 valence electrons. The van der Waals surface area contributed by atoms with E-state index in [1.807, 2.05) is 0 Å². The lowest BCUT2D eigenvalue weighted by Crippen LogP contribution is -1.99. The summed E-state index contributed by atoms with van der Waals surface area (Å²) in [5, 5.41) is 4.17. The zero-order chi connectivity index (χ0) is 17.8. The Balaban J connectivity index is 1.38. The van der Waals surface area contributed by atoms with Crippen molar-refractivity contribution in [1.82, 2.24) is 0 Å². The van der Waals surface area contributed by atoms with E-state index in [1.165, 1.54) is 20.9 Å². The number of hydrogen-bond acceptors (Lipinski definition) is 3. The van der Waals surface area contributed by atoms with Crippen molar-refractivity contribution in [2.75, 3.05) is 0 Å². The summed E-state index contributed by atoms with van der Waals surface area (Å²) in [6, 6.07) is 25.2. The smallest absolute Gasteiger partial charge is 0.0489 e. The van der Waals surface area contributed by atoms with Crippen molar-refractivity contribution in [3.05, 3.63) is 94.7 Å². The minimum Gasteiger partial charge on any atom is -0.259 e. The van der Waals surface area contributed by atoms with E-state index in [9.17, 15) is 4.21 Å². The second-order valence-electron chi connectivity index (χ2n) is 6.08. The van der Waals surface area contributed by atoms with Crippen LogP contribution in [0.1, 0.15) is 11.1 Å². The number of rotatable bonds is 6. The average molecular weight is 395 g/mol. The Bertz CT molecular complexity index is 885. The van der Waals surface area contributed by atoms with Crippen molar-refractivity contribution in [2.24, 2.45) is 0 Å². The van der Waals surface area contributed by atoms with Crippen molar-refractivity contribution >= 4 is 33.5 Å². The molecule has 26 heavy (non-hydrogen) atoms. The monoisotopic (exact) mass is 394 g/mol. The van der Waals surface area contributed by atoms with Crippen LogP contribution in [0.25, 0.3) is 20.9 Å². The molecular formula is C22H18OS3. The zero-order valence-electron chi connectivity index (χ0n) is 14.1. The Morgan fingerprint density at radius 1 is 0.615 bits per heavy atom. The minimum absolute atomic E-state index is 0.595. The van der Waals surface area contributed by atoms with Crippen LogP contribution in [0.15, 0.2) is 83.6 Å². The van der Waals surface area contributed by atoms with E-state index in [0.717, 1.165) is 11.1 Å². The van der Waals surface area contributed by atoms with Gasteiger partial charge in [-0.05, 0) is 45.1 Å². The second-order valence-corrected chi connectivity index (χ2v) is 9.43. The fraction of sp³-hybridized carbons (Fsp3) is 0.0909. The van der Waals surface area contributed by atoms with Crippen molar-refractivity contribution in [2.45, 2.75) is 11.5 Å². The third-order valence-corrected chi connectivity index (χ3v) is 7.32. The molecule has 0 aliphatic carbocycles. The van der Waals surface area contributed by atoms with Crippen LogP contribution in [0.5, 0.6) is 0 Å². The first-order chi connectivity index (χ1) is 12.8. The van der Waals surface area contributed by atoms with Gasteiger partial charge in [-0.15, -0.1) is 22.7 Å². The van der Waals surface area contributed by atoms with Crippen LogP contribution < -0.4 is 0 Å². The van der Waals surface area contributed by atoms with Gasteiger partial charge in [0.25, 0.3) is 0 Å². The molecule has 0 N–H and O–H groups in total. The normalized spacial score (nSPS) is 11.1. The molecule has 4 aromatic rings. The number of thiophene rings is 2. The van der Waals surface area contributed by atoms with Crippen molar-refractivity contribution in [3.8, 4) is 20.9 Å². The van der Waals surface area contributed by atoms with Gasteiger partial charge < -0.3 is 0 Å². The Labute approximate surface area is 164 Å². The predicted octanol–water partition coefficient (Wildman–Crippen LogP) is 6.59. The van der Waals surface area contributed by atoms with E-state index in [-0.39, 0.29) is 0 Å². The molecule has 0 spiro atoms. The summed E-state index contributed by atoms with van der Waals surface area (Å²) >= 11 is 3.48. The highest BCUT2D eigenvalue weighted by Gasteiger charge is 2.06. The van der Waals surface area contributed by atoms with Gasteiger partial charge in [-0.2, -0.15) is 0 Å². The first kappa shape index (κ1) is 17.4. The lowest BCUT2D eigenvalue weighted by molar-refractivity contribution is 0.682. The van der Waals surface area contributed by atoms with Gasteiger partial charge in [-0.1, -0.05) is 60.7 Å². The van der Waals surface area contributed by atoms with E-state index >= 15 is 0 Å². The fourth-order valence-corrected chi connectivity index (χ4v) is 5.54. The van der Waals surface area contributed by atoms with Gasteiger partial charge in [0, 0.05) is 32.1 Å². The summed E-state index contributed by atoms with van der Waals surface area (Å²) in [7, 11) is -0.903. The Morgan fingerprint density at radius 3 is 1.38 bits per heavy atom. The molecule has 0 radical (unpaired) electrons. The molecule has 0 atom stereocenters. The quantitative estimate of drug-likeness (QED) is 0.360. The highest BCUT2D eigenvalue weighted by molar-refractivity contribution is 7.83. The highest BCUT2D eigenvalue weighted by atomic mass is 32.2. The SMILES string of the molecule is O=S(Cc1ccc(-c2cccs2)cc1)Cc1ccc(-c2cccs2)cc1. The van der Waals surface area contributed by atoms with Gasteiger partial charge in [0.2, 0.25) is 0 Å². The average Bonchev–Trinajstić information content (AvgIpc) is 3.37. The Morgan fingerprint density at radius 2 is 1.04 bits per heavy atom. The van der Waals surface area contributed by atoms with E-state index in [2.05, 4.69) is 83.6 Å². The molecule has 0 bridgehead atoms. The van der Waals surface area contributed by atoms with Crippen LogP contribution in [0.2, 0.25) is 0 Å². The summed E-state index contributed by atoms with van der Waals surface area (Å²) < 4.78 is 12.5. The maximum absolute atomic E-state index is 12.5. The molecule has 4 rings (SSSR count). The predicted molar refractivity (Wildman–Crippen MR) is 115 cm³/mol. The van der Waals surface area contributed by atoms with Crippen molar-refractivity contribution in [3.63, 3.8) is 0 Å². The van der Waals surface area contributed by atoms with Gasteiger partial charge in [-0.3, -0.25) is 4.21 Å². The van der Waals surface area contributed by atoms with Crippen molar-refractivity contribution in [1.29, 1.82) is 0 Å². The van der Waals surface area contributed by atoms with Crippen LogP contribution in [-0.2, 0) is 22.3 Å². The summed E-state index contributed by atoms with van der Waals surface area (Å²) in [5.74, 6) is 1.19. The highest BCUT2D eigenvalue weighted by Crippen LogP contribution is 2.26. The van der Waals surface area contributed by atoms with Crippen LogP contribution in [0, 0.1) is 0 Å². The summed E-state index contributed by atoms with van der Waals surface area (Å²) in [4.78, 5) is 2.53. The van der Waals surface area contributed by atoms with Crippen LogP contribution in [0.4, 0.5) is 0 Å².